The summed E-state index contributed by atoms with van der Waals surface area (Å²) in [5, 5.41) is 4.19. The van der Waals surface area contributed by atoms with Gasteiger partial charge in [0.05, 0.1) is 4.91 Å². The van der Waals surface area contributed by atoms with Crippen molar-refractivity contribution >= 4 is 29.8 Å². The van der Waals surface area contributed by atoms with Crippen molar-refractivity contribution in [3.8, 4) is 0 Å². The van der Waals surface area contributed by atoms with Gasteiger partial charge in [0.15, 0.2) is 0 Å². The minimum atomic E-state index is -0.721. The van der Waals surface area contributed by atoms with Crippen molar-refractivity contribution in [2.24, 2.45) is 5.18 Å². The third kappa shape index (κ3) is 2.05. The molecule has 0 radical (unpaired) electrons. The summed E-state index contributed by atoms with van der Waals surface area (Å²) < 4.78 is 0. The summed E-state index contributed by atoms with van der Waals surface area (Å²) in [6.07, 6.45) is 3.59. The third-order valence-corrected chi connectivity index (χ3v) is 2.84. The molecule has 1 aliphatic heterocycles. The summed E-state index contributed by atoms with van der Waals surface area (Å²) in [7, 11) is 0. The van der Waals surface area contributed by atoms with Crippen LogP contribution >= 0.6 is 11.8 Å². The molecule has 0 fully saturated rings. The first kappa shape index (κ1) is 9.86. The second-order valence-corrected chi connectivity index (χ2v) is 3.90. The molecule has 1 aliphatic rings. The summed E-state index contributed by atoms with van der Waals surface area (Å²) in [6.45, 7) is 0. The van der Waals surface area contributed by atoms with Crippen molar-refractivity contribution in [3.05, 3.63) is 50.6 Å². The van der Waals surface area contributed by atoms with Gasteiger partial charge in [-0.2, -0.15) is 0 Å². The van der Waals surface area contributed by atoms with Gasteiger partial charge in [0.1, 0.15) is 0 Å². The minimum absolute atomic E-state index is 0.353. The molecule has 74 valence electrons. The largest absolute Gasteiger partial charge is 0.323 e. The molecule has 15 heavy (non-hydrogen) atoms. The topological polar surface area (TPSA) is 46.5 Å². The molecule has 1 amide bonds. The Hall–Kier alpha value is -1.68. The van der Waals surface area contributed by atoms with E-state index in [1.54, 1.807) is 11.5 Å². The second-order valence-electron chi connectivity index (χ2n) is 2.95. The van der Waals surface area contributed by atoms with Crippen molar-refractivity contribution in [3.63, 3.8) is 0 Å². The van der Waals surface area contributed by atoms with Gasteiger partial charge < -0.3 is 0 Å². The second kappa shape index (κ2) is 4.23. The van der Waals surface area contributed by atoms with Gasteiger partial charge in [-0.3, -0.25) is 4.79 Å². The third-order valence-electron chi connectivity index (χ3n) is 2.02. The van der Waals surface area contributed by atoms with E-state index in [0.717, 1.165) is 11.1 Å². The first-order valence-electron chi connectivity index (χ1n) is 4.33. The Labute approximate surface area is 90.9 Å². The first-order valence-corrected chi connectivity index (χ1v) is 5.21. The fourth-order valence-corrected chi connectivity index (χ4v) is 2.00. The lowest BCUT2D eigenvalue weighted by molar-refractivity contribution is -0.113. The Morgan fingerprint density at radius 3 is 2.67 bits per heavy atom. The number of fused-ring (bicyclic) bond motifs is 1. The van der Waals surface area contributed by atoms with Crippen molar-refractivity contribution in [1.29, 1.82) is 0 Å². The van der Waals surface area contributed by atoms with Gasteiger partial charge in [0, 0.05) is 5.18 Å². The lowest BCUT2D eigenvalue weighted by atomic mass is 10.1. The fourth-order valence-electron chi connectivity index (χ4n) is 1.31. The minimum Gasteiger partial charge on any atom is -0.263 e. The highest BCUT2D eigenvalue weighted by Gasteiger charge is 2.12. The number of hydrogen-bond donors (Lipinski definition) is 0. The monoisotopic (exact) mass is 217 g/mol. The van der Waals surface area contributed by atoms with Crippen LogP contribution in [0.2, 0.25) is 0 Å². The molecule has 0 bridgehead atoms. The molecule has 0 N–H and O–H groups in total. The molecule has 3 nitrogen and oxygen atoms in total. The molecule has 2 rings (SSSR count). The normalized spacial score (nSPS) is 13.7. The van der Waals surface area contributed by atoms with E-state index in [1.807, 2.05) is 30.3 Å². The van der Waals surface area contributed by atoms with Crippen molar-refractivity contribution in [2.45, 2.75) is 0 Å². The smallest absolute Gasteiger partial charge is 0.263 e. The maximum Gasteiger partial charge on any atom is 0.323 e. The molecule has 1 aromatic rings. The molecule has 0 aromatic heterocycles. The predicted octanol–water partition coefficient (Wildman–Crippen LogP) is 3.04. The number of carbonyl (C=O) groups is 1. The highest BCUT2D eigenvalue weighted by Crippen LogP contribution is 2.28. The molecule has 4 heteroatoms. The molecular formula is C11H7NO2S. The Kier molecular flexibility index (Phi) is 2.78. The number of rotatable bonds is 1. The van der Waals surface area contributed by atoms with E-state index in [-0.39, 0.29) is 0 Å². The Morgan fingerprint density at radius 2 is 1.93 bits per heavy atom. The van der Waals surface area contributed by atoms with E-state index >= 15 is 0 Å². The lowest BCUT2D eigenvalue weighted by Gasteiger charge is -1.98. The van der Waals surface area contributed by atoms with E-state index in [1.165, 1.54) is 11.8 Å². The van der Waals surface area contributed by atoms with Crippen LogP contribution in [-0.2, 0) is 4.79 Å². The standard InChI is InChI=1S/C11H7NO2S/c13-11(12-14)10-7-9-4-2-1-3-8(9)5-6-15-10/h1-7H. The van der Waals surface area contributed by atoms with Crippen molar-refractivity contribution in [1.82, 2.24) is 0 Å². The van der Waals surface area contributed by atoms with E-state index in [4.69, 9.17) is 0 Å². The van der Waals surface area contributed by atoms with E-state index in [0.29, 0.717) is 4.91 Å². The number of benzene rings is 1. The predicted molar refractivity (Wildman–Crippen MR) is 61.8 cm³/mol. The van der Waals surface area contributed by atoms with E-state index in [2.05, 4.69) is 5.18 Å². The zero-order chi connectivity index (χ0) is 10.7. The molecule has 0 saturated heterocycles. The van der Waals surface area contributed by atoms with Gasteiger partial charge in [-0.15, -0.1) is 4.91 Å². The highest BCUT2D eigenvalue weighted by atomic mass is 32.2. The SMILES string of the molecule is O=NC(=O)C1=Cc2ccccc2C=CS1. The molecule has 1 aromatic carbocycles. The number of hydrogen-bond acceptors (Lipinski definition) is 3. The number of amides is 1. The zero-order valence-corrected chi connectivity index (χ0v) is 8.53. The van der Waals surface area contributed by atoms with Crippen molar-refractivity contribution < 1.29 is 4.79 Å². The van der Waals surface area contributed by atoms with Crippen LogP contribution in [-0.4, -0.2) is 5.91 Å². The van der Waals surface area contributed by atoms with E-state index < -0.39 is 5.91 Å². The first-order chi connectivity index (χ1) is 7.31. The molecule has 1 heterocycles. The van der Waals surface area contributed by atoms with Crippen LogP contribution in [0.4, 0.5) is 0 Å². The van der Waals surface area contributed by atoms with Crippen LogP contribution in [0.1, 0.15) is 11.1 Å². The van der Waals surface area contributed by atoms with Crippen LogP contribution in [0.25, 0.3) is 12.2 Å². The van der Waals surface area contributed by atoms with Gasteiger partial charge in [0.25, 0.3) is 0 Å². The molecule has 0 atom stereocenters. The molecule has 0 spiro atoms. The summed E-state index contributed by atoms with van der Waals surface area (Å²) in [5.74, 6) is -0.721. The van der Waals surface area contributed by atoms with Gasteiger partial charge >= 0.3 is 5.91 Å². The fraction of sp³-hybridized carbons (Fsp3) is 0. The van der Waals surface area contributed by atoms with Gasteiger partial charge in [0.2, 0.25) is 0 Å². The van der Waals surface area contributed by atoms with Gasteiger partial charge in [-0.05, 0) is 28.7 Å². The Balaban J connectivity index is 2.49. The van der Waals surface area contributed by atoms with Crippen LogP contribution in [0.15, 0.2) is 39.8 Å². The summed E-state index contributed by atoms with van der Waals surface area (Å²) in [6, 6.07) is 7.65. The van der Waals surface area contributed by atoms with Crippen LogP contribution < -0.4 is 0 Å². The molecule has 0 saturated carbocycles. The highest BCUT2D eigenvalue weighted by molar-refractivity contribution is 8.07. The average molecular weight is 217 g/mol. The maximum absolute atomic E-state index is 11.1. The average Bonchev–Trinajstić information content (AvgIpc) is 2.49. The van der Waals surface area contributed by atoms with E-state index in [9.17, 15) is 9.70 Å². The van der Waals surface area contributed by atoms with Gasteiger partial charge in [-0.1, -0.05) is 36.0 Å². The lowest BCUT2D eigenvalue weighted by Crippen LogP contribution is -1.92. The number of nitrogens with zero attached hydrogens (tertiary/aromatic N) is 1. The van der Waals surface area contributed by atoms with Crippen LogP contribution in [0, 0.1) is 4.91 Å². The number of nitroso groups, excluding NO2 is 1. The van der Waals surface area contributed by atoms with Crippen LogP contribution in [0.5, 0.6) is 0 Å². The summed E-state index contributed by atoms with van der Waals surface area (Å²) in [4.78, 5) is 21.6. The summed E-state index contributed by atoms with van der Waals surface area (Å²) in [5.41, 5.74) is 1.95. The zero-order valence-electron chi connectivity index (χ0n) is 7.71. The van der Waals surface area contributed by atoms with Crippen molar-refractivity contribution in [2.75, 3.05) is 0 Å². The molecular weight excluding hydrogens is 210 g/mol. The molecule has 0 aliphatic carbocycles. The quantitative estimate of drug-likeness (QED) is 0.679. The molecule has 0 unspecified atom stereocenters. The maximum atomic E-state index is 11.1. The van der Waals surface area contributed by atoms with Crippen LogP contribution in [0.3, 0.4) is 0 Å². The van der Waals surface area contributed by atoms with Gasteiger partial charge in [-0.25, -0.2) is 0 Å². The number of carbonyl (C=O) groups excluding carboxylic acids is 1. The Bertz CT molecular complexity index is 477. The Morgan fingerprint density at radius 1 is 1.20 bits per heavy atom. The summed E-state index contributed by atoms with van der Waals surface area (Å²) >= 11 is 1.21. The number of thioether (sulfide) groups is 1.